The summed E-state index contributed by atoms with van der Waals surface area (Å²) in [4.78, 5) is 24.4. The predicted octanol–water partition coefficient (Wildman–Crippen LogP) is 2.37. The number of halogens is 2. The van der Waals surface area contributed by atoms with Crippen molar-refractivity contribution in [3.63, 3.8) is 0 Å². The molecule has 152 valence electrons. The molecule has 9 heteroatoms. The highest BCUT2D eigenvalue weighted by atomic mass is 19.2. The summed E-state index contributed by atoms with van der Waals surface area (Å²) in [5.74, 6) is -2.10. The zero-order chi connectivity index (χ0) is 20.8. The van der Waals surface area contributed by atoms with Gasteiger partial charge >= 0.3 is 0 Å². The Bertz CT molecular complexity index is 1030. The number of amides is 1. The highest BCUT2D eigenvalue weighted by Crippen LogP contribution is 2.18. The van der Waals surface area contributed by atoms with E-state index in [1.54, 1.807) is 23.1 Å². The highest BCUT2D eigenvalue weighted by molar-refractivity contribution is 5.76. The number of nitrogens with one attached hydrogen (secondary N) is 1. The van der Waals surface area contributed by atoms with Gasteiger partial charge in [-0.3, -0.25) is 14.3 Å². The largest absolute Gasteiger partial charge is 0.351 e. The van der Waals surface area contributed by atoms with Crippen molar-refractivity contribution < 1.29 is 13.6 Å². The Labute approximate surface area is 166 Å². The smallest absolute Gasteiger partial charge is 0.266 e. The number of carbonyl (C=O) groups is 1. The van der Waals surface area contributed by atoms with E-state index in [0.717, 1.165) is 12.1 Å². The van der Waals surface area contributed by atoms with E-state index >= 15 is 0 Å². The van der Waals surface area contributed by atoms with Gasteiger partial charge in [0.05, 0.1) is 12.2 Å². The van der Waals surface area contributed by atoms with Crippen molar-refractivity contribution in [2.24, 2.45) is 0 Å². The number of hydrogen-bond donors (Lipinski definition) is 1. The van der Waals surface area contributed by atoms with Crippen LogP contribution in [0.1, 0.15) is 19.8 Å². The molecule has 0 aliphatic heterocycles. The van der Waals surface area contributed by atoms with Crippen LogP contribution in [0.25, 0.3) is 11.3 Å². The summed E-state index contributed by atoms with van der Waals surface area (Å²) in [6.07, 6.45) is 4.27. The fourth-order valence-electron chi connectivity index (χ4n) is 2.82. The van der Waals surface area contributed by atoms with Crippen LogP contribution in [0, 0.1) is 11.6 Å². The van der Waals surface area contributed by atoms with E-state index in [2.05, 4.69) is 15.5 Å². The van der Waals surface area contributed by atoms with Crippen LogP contribution in [0.3, 0.4) is 0 Å². The molecule has 3 rings (SSSR count). The molecule has 0 aliphatic rings. The molecule has 29 heavy (non-hydrogen) atoms. The molecule has 0 fully saturated rings. The van der Waals surface area contributed by atoms with Gasteiger partial charge < -0.3 is 5.32 Å². The Balaban J connectivity index is 1.69. The summed E-state index contributed by atoms with van der Waals surface area (Å²) in [6, 6.07) is 7.68. The third-order valence-corrected chi connectivity index (χ3v) is 4.46. The Morgan fingerprint density at radius 1 is 1.21 bits per heavy atom. The summed E-state index contributed by atoms with van der Waals surface area (Å²) < 4.78 is 29.5. The van der Waals surface area contributed by atoms with Crippen molar-refractivity contribution in [1.82, 2.24) is 24.9 Å². The molecule has 0 saturated heterocycles. The van der Waals surface area contributed by atoms with Crippen LogP contribution >= 0.6 is 0 Å². The van der Waals surface area contributed by atoms with Gasteiger partial charge in [0.15, 0.2) is 11.6 Å². The number of aryl methyl sites for hydroxylation is 1. The predicted molar refractivity (Wildman–Crippen MR) is 103 cm³/mol. The molecule has 0 spiro atoms. The van der Waals surface area contributed by atoms with E-state index in [4.69, 9.17) is 0 Å². The Morgan fingerprint density at radius 3 is 2.72 bits per heavy atom. The van der Waals surface area contributed by atoms with Gasteiger partial charge in [0, 0.05) is 43.0 Å². The van der Waals surface area contributed by atoms with E-state index in [9.17, 15) is 18.4 Å². The minimum Gasteiger partial charge on any atom is -0.351 e. The first-order valence-electron chi connectivity index (χ1n) is 9.26. The second kappa shape index (κ2) is 9.22. The average molecular weight is 401 g/mol. The lowest BCUT2D eigenvalue weighted by Crippen LogP contribution is -2.40. The van der Waals surface area contributed by atoms with Gasteiger partial charge in [0.25, 0.3) is 5.56 Å². The molecule has 1 amide bonds. The fourth-order valence-corrected chi connectivity index (χ4v) is 2.82. The van der Waals surface area contributed by atoms with Crippen LogP contribution in [-0.2, 0) is 17.9 Å². The quantitative estimate of drug-likeness (QED) is 0.628. The first kappa shape index (κ1) is 20.4. The lowest BCUT2D eigenvalue weighted by Gasteiger charge is -2.18. The molecule has 3 aromatic rings. The van der Waals surface area contributed by atoms with Crippen LogP contribution in [0.15, 0.2) is 53.6 Å². The van der Waals surface area contributed by atoms with Gasteiger partial charge in [-0.15, -0.1) is 0 Å². The van der Waals surface area contributed by atoms with Crippen LogP contribution < -0.4 is 10.9 Å². The lowest BCUT2D eigenvalue weighted by molar-refractivity contribution is -0.122. The van der Waals surface area contributed by atoms with E-state index in [1.165, 1.54) is 22.9 Å². The zero-order valence-corrected chi connectivity index (χ0v) is 15.9. The molecule has 1 N–H and O–H groups in total. The number of rotatable bonds is 8. The van der Waals surface area contributed by atoms with Gasteiger partial charge in [-0.2, -0.15) is 10.2 Å². The SMILES string of the molecule is CC[C@H](Cn1nc(-c2ccc(F)c(F)c2)ccc1=O)NC(=O)CCn1cccn1. The standard InChI is InChI=1S/C20H21F2N5O2/c1-2-15(24-19(28)8-11-26-10-3-9-23-26)13-27-20(29)7-6-18(25-27)14-4-5-16(21)17(22)12-14/h3-7,9-10,12,15H,2,8,11,13H2,1H3,(H,24,28)/t15-/m1/s1. The summed E-state index contributed by atoms with van der Waals surface area (Å²) in [5, 5.41) is 11.2. The molecule has 1 aromatic carbocycles. The van der Waals surface area contributed by atoms with Crippen molar-refractivity contribution in [2.75, 3.05) is 0 Å². The number of benzene rings is 1. The Hall–Kier alpha value is -3.36. The number of aromatic nitrogens is 4. The van der Waals surface area contributed by atoms with Crippen LogP contribution in [-0.4, -0.2) is 31.5 Å². The molecule has 2 heterocycles. The summed E-state index contributed by atoms with van der Waals surface area (Å²) in [6.45, 7) is 2.52. The maximum atomic E-state index is 13.5. The van der Waals surface area contributed by atoms with E-state index < -0.39 is 11.6 Å². The first-order chi connectivity index (χ1) is 14.0. The lowest BCUT2D eigenvalue weighted by atomic mass is 10.1. The molecule has 0 unspecified atom stereocenters. The zero-order valence-electron chi connectivity index (χ0n) is 15.9. The van der Waals surface area contributed by atoms with Crippen molar-refractivity contribution in [3.8, 4) is 11.3 Å². The van der Waals surface area contributed by atoms with Crippen molar-refractivity contribution >= 4 is 5.91 Å². The topological polar surface area (TPSA) is 81.8 Å². The van der Waals surface area contributed by atoms with Gasteiger partial charge in [0.2, 0.25) is 5.91 Å². The van der Waals surface area contributed by atoms with Gasteiger partial charge in [-0.05, 0) is 36.8 Å². The van der Waals surface area contributed by atoms with Gasteiger partial charge in [-0.1, -0.05) is 6.92 Å². The van der Waals surface area contributed by atoms with Crippen molar-refractivity contribution in [2.45, 2.75) is 38.9 Å². The van der Waals surface area contributed by atoms with Crippen LogP contribution in [0.2, 0.25) is 0 Å². The number of nitrogens with zero attached hydrogens (tertiary/aromatic N) is 4. The van der Waals surface area contributed by atoms with E-state index in [-0.39, 0.29) is 30.5 Å². The maximum absolute atomic E-state index is 13.5. The minimum atomic E-state index is -0.988. The molecule has 1 atom stereocenters. The highest BCUT2D eigenvalue weighted by Gasteiger charge is 2.14. The molecule has 7 nitrogen and oxygen atoms in total. The van der Waals surface area contributed by atoms with Crippen LogP contribution in [0.5, 0.6) is 0 Å². The molecular weight excluding hydrogens is 380 g/mol. The van der Waals surface area contributed by atoms with E-state index in [1.807, 2.05) is 6.92 Å². The molecule has 2 aromatic heterocycles. The normalized spacial score (nSPS) is 12.0. The minimum absolute atomic E-state index is 0.155. The first-order valence-corrected chi connectivity index (χ1v) is 9.26. The number of hydrogen-bond acceptors (Lipinski definition) is 4. The summed E-state index contributed by atoms with van der Waals surface area (Å²) >= 11 is 0. The summed E-state index contributed by atoms with van der Waals surface area (Å²) in [7, 11) is 0. The summed E-state index contributed by atoms with van der Waals surface area (Å²) in [5.41, 5.74) is 0.345. The average Bonchev–Trinajstić information content (AvgIpc) is 3.23. The third-order valence-electron chi connectivity index (χ3n) is 4.46. The van der Waals surface area contributed by atoms with Gasteiger partial charge in [-0.25, -0.2) is 13.5 Å². The Kier molecular flexibility index (Phi) is 6.48. The molecule has 0 radical (unpaired) electrons. The molecule has 0 aliphatic carbocycles. The Morgan fingerprint density at radius 2 is 2.03 bits per heavy atom. The number of carbonyl (C=O) groups excluding carboxylic acids is 1. The second-order valence-corrected chi connectivity index (χ2v) is 6.56. The van der Waals surface area contributed by atoms with E-state index in [0.29, 0.717) is 24.2 Å². The van der Waals surface area contributed by atoms with Crippen molar-refractivity contribution in [3.05, 3.63) is 70.8 Å². The van der Waals surface area contributed by atoms with Gasteiger partial charge in [0.1, 0.15) is 0 Å². The van der Waals surface area contributed by atoms with Crippen molar-refractivity contribution in [1.29, 1.82) is 0 Å². The second-order valence-electron chi connectivity index (χ2n) is 6.56. The fraction of sp³-hybridized carbons (Fsp3) is 0.300. The molecule has 0 bridgehead atoms. The molecular formula is C20H21F2N5O2. The third kappa shape index (κ3) is 5.34. The molecule has 0 saturated carbocycles. The van der Waals surface area contributed by atoms with Crippen LogP contribution in [0.4, 0.5) is 8.78 Å². The maximum Gasteiger partial charge on any atom is 0.266 e. The monoisotopic (exact) mass is 401 g/mol.